The Balaban J connectivity index is 1.75. The van der Waals surface area contributed by atoms with E-state index >= 15 is 0 Å². The Morgan fingerprint density at radius 2 is 2.00 bits per heavy atom. The lowest BCUT2D eigenvalue weighted by molar-refractivity contribution is 0.111. The lowest BCUT2D eigenvalue weighted by Gasteiger charge is -2.18. The zero-order valence-electron chi connectivity index (χ0n) is 11.3. The highest BCUT2D eigenvalue weighted by Crippen LogP contribution is 2.27. The molecule has 5 nitrogen and oxygen atoms in total. The minimum Gasteiger partial charge on any atom is -0.391 e. The summed E-state index contributed by atoms with van der Waals surface area (Å²) in [7, 11) is 0. The standard InChI is InChI=1S/C15H19N3O2/c16-9-11-5-7-13(8-6-11)18-15(20)17-10-14(19)12-3-1-2-4-12/h5-8,12,14,19H,1-4,10H2,(H2,17,18,20). The van der Waals surface area contributed by atoms with E-state index in [0.29, 0.717) is 17.2 Å². The molecular formula is C15H19N3O2. The number of benzene rings is 1. The van der Waals surface area contributed by atoms with Crippen LogP contribution in [0.2, 0.25) is 0 Å². The number of hydrogen-bond acceptors (Lipinski definition) is 3. The third kappa shape index (κ3) is 3.97. The van der Waals surface area contributed by atoms with E-state index in [0.717, 1.165) is 12.8 Å². The summed E-state index contributed by atoms with van der Waals surface area (Å²) in [5.74, 6) is 0.310. The molecule has 1 fully saturated rings. The first-order valence-corrected chi connectivity index (χ1v) is 6.92. The van der Waals surface area contributed by atoms with E-state index in [1.807, 2.05) is 6.07 Å². The van der Waals surface area contributed by atoms with Gasteiger partial charge in [0.2, 0.25) is 0 Å². The van der Waals surface area contributed by atoms with Gasteiger partial charge in [0.25, 0.3) is 0 Å². The van der Waals surface area contributed by atoms with E-state index in [1.165, 1.54) is 12.8 Å². The average Bonchev–Trinajstić information content (AvgIpc) is 3.00. The van der Waals surface area contributed by atoms with Gasteiger partial charge in [0.05, 0.1) is 17.7 Å². The van der Waals surface area contributed by atoms with E-state index in [1.54, 1.807) is 24.3 Å². The third-order valence-corrected chi connectivity index (χ3v) is 3.69. The van der Waals surface area contributed by atoms with Crippen LogP contribution >= 0.6 is 0 Å². The second-order valence-corrected chi connectivity index (χ2v) is 5.14. The minimum atomic E-state index is -0.468. The number of carbonyl (C=O) groups excluding carboxylic acids is 1. The number of nitriles is 1. The summed E-state index contributed by atoms with van der Waals surface area (Å²) >= 11 is 0. The average molecular weight is 273 g/mol. The monoisotopic (exact) mass is 273 g/mol. The topological polar surface area (TPSA) is 85.2 Å². The summed E-state index contributed by atoms with van der Waals surface area (Å²) in [5, 5.41) is 24.0. The van der Waals surface area contributed by atoms with Crippen LogP contribution in [0.5, 0.6) is 0 Å². The van der Waals surface area contributed by atoms with Crippen LogP contribution in [0.1, 0.15) is 31.2 Å². The van der Waals surface area contributed by atoms with Crippen molar-refractivity contribution < 1.29 is 9.90 Å². The molecule has 1 aliphatic carbocycles. The Hall–Kier alpha value is -2.06. The zero-order valence-corrected chi connectivity index (χ0v) is 11.3. The van der Waals surface area contributed by atoms with Gasteiger partial charge in [-0.05, 0) is 43.0 Å². The van der Waals surface area contributed by atoms with Crippen molar-refractivity contribution in [2.75, 3.05) is 11.9 Å². The summed E-state index contributed by atoms with van der Waals surface area (Å²) in [4.78, 5) is 11.7. The molecule has 1 atom stereocenters. The van der Waals surface area contributed by atoms with Crippen molar-refractivity contribution in [3.05, 3.63) is 29.8 Å². The fourth-order valence-corrected chi connectivity index (χ4v) is 2.51. The molecule has 0 spiro atoms. The fourth-order valence-electron chi connectivity index (χ4n) is 2.51. The van der Waals surface area contributed by atoms with Gasteiger partial charge in [-0.15, -0.1) is 0 Å². The molecule has 0 saturated heterocycles. The molecule has 0 aliphatic heterocycles. The molecule has 106 valence electrons. The van der Waals surface area contributed by atoms with Crippen molar-refractivity contribution >= 4 is 11.7 Å². The van der Waals surface area contributed by atoms with Crippen LogP contribution in [0.3, 0.4) is 0 Å². The maximum Gasteiger partial charge on any atom is 0.319 e. The summed E-state index contributed by atoms with van der Waals surface area (Å²) in [6.45, 7) is 0.271. The Labute approximate surface area is 118 Å². The molecule has 1 saturated carbocycles. The summed E-state index contributed by atoms with van der Waals surface area (Å²) in [5.41, 5.74) is 1.17. The molecule has 0 bridgehead atoms. The molecule has 5 heteroatoms. The summed E-state index contributed by atoms with van der Waals surface area (Å²) in [6.07, 6.45) is 3.95. The van der Waals surface area contributed by atoms with Gasteiger partial charge in [-0.25, -0.2) is 4.79 Å². The Morgan fingerprint density at radius 1 is 1.35 bits per heavy atom. The first-order chi connectivity index (χ1) is 9.69. The number of carbonyl (C=O) groups is 1. The van der Waals surface area contributed by atoms with Crippen LogP contribution in [0.4, 0.5) is 10.5 Å². The first kappa shape index (κ1) is 14.4. The quantitative estimate of drug-likeness (QED) is 0.786. The van der Waals surface area contributed by atoms with Crippen molar-refractivity contribution in [1.29, 1.82) is 5.26 Å². The number of anilines is 1. The summed E-state index contributed by atoms with van der Waals surface area (Å²) < 4.78 is 0. The number of urea groups is 1. The molecule has 0 aromatic heterocycles. The Kier molecular flexibility index (Phi) is 4.97. The van der Waals surface area contributed by atoms with Gasteiger partial charge in [-0.1, -0.05) is 12.8 Å². The zero-order chi connectivity index (χ0) is 14.4. The third-order valence-electron chi connectivity index (χ3n) is 3.69. The highest BCUT2D eigenvalue weighted by molar-refractivity contribution is 5.89. The number of rotatable bonds is 4. The van der Waals surface area contributed by atoms with E-state index in [-0.39, 0.29) is 12.6 Å². The van der Waals surface area contributed by atoms with E-state index < -0.39 is 6.10 Å². The number of aliphatic hydroxyl groups is 1. The van der Waals surface area contributed by atoms with Gasteiger partial charge >= 0.3 is 6.03 Å². The van der Waals surface area contributed by atoms with Crippen molar-refractivity contribution in [2.24, 2.45) is 5.92 Å². The largest absolute Gasteiger partial charge is 0.391 e. The van der Waals surface area contributed by atoms with Crippen LogP contribution in [-0.2, 0) is 0 Å². The van der Waals surface area contributed by atoms with Crippen LogP contribution < -0.4 is 10.6 Å². The van der Waals surface area contributed by atoms with Crippen molar-refractivity contribution in [2.45, 2.75) is 31.8 Å². The van der Waals surface area contributed by atoms with Crippen LogP contribution in [-0.4, -0.2) is 23.8 Å². The normalized spacial score (nSPS) is 16.4. The van der Waals surface area contributed by atoms with E-state index in [9.17, 15) is 9.90 Å². The van der Waals surface area contributed by atoms with Gasteiger partial charge in [-0.2, -0.15) is 5.26 Å². The van der Waals surface area contributed by atoms with Gasteiger partial charge in [-0.3, -0.25) is 0 Å². The molecule has 0 heterocycles. The number of hydrogen-bond donors (Lipinski definition) is 3. The minimum absolute atomic E-state index is 0.271. The highest BCUT2D eigenvalue weighted by Gasteiger charge is 2.23. The van der Waals surface area contributed by atoms with E-state index in [2.05, 4.69) is 10.6 Å². The molecule has 0 radical (unpaired) electrons. The SMILES string of the molecule is N#Cc1ccc(NC(=O)NCC(O)C2CCCC2)cc1. The van der Waals surface area contributed by atoms with Crippen molar-refractivity contribution in [1.82, 2.24) is 5.32 Å². The molecule has 3 N–H and O–H groups in total. The molecule has 1 aromatic carbocycles. The maximum absolute atomic E-state index is 11.7. The predicted molar refractivity (Wildman–Crippen MR) is 76.1 cm³/mol. The van der Waals surface area contributed by atoms with Gasteiger partial charge in [0, 0.05) is 12.2 Å². The maximum atomic E-state index is 11.7. The number of nitrogens with one attached hydrogen (secondary N) is 2. The number of nitrogens with zero attached hydrogens (tertiary/aromatic N) is 1. The predicted octanol–water partition coefficient (Wildman–Crippen LogP) is 2.23. The smallest absolute Gasteiger partial charge is 0.319 e. The van der Waals surface area contributed by atoms with Crippen molar-refractivity contribution in [3.8, 4) is 6.07 Å². The summed E-state index contributed by atoms with van der Waals surface area (Å²) in [6, 6.07) is 8.30. The fraction of sp³-hybridized carbons (Fsp3) is 0.467. The second kappa shape index (κ2) is 6.92. The van der Waals surface area contributed by atoms with Crippen molar-refractivity contribution in [3.63, 3.8) is 0 Å². The lowest BCUT2D eigenvalue weighted by atomic mass is 10.0. The number of aliphatic hydroxyl groups excluding tert-OH is 1. The molecule has 1 unspecified atom stereocenters. The van der Waals surface area contributed by atoms with Gasteiger partial charge < -0.3 is 15.7 Å². The van der Waals surface area contributed by atoms with Gasteiger partial charge in [0.1, 0.15) is 0 Å². The van der Waals surface area contributed by atoms with E-state index in [4.69, 9.17) is 5.26 Å². The molecule has 20 heavy (non-hydrogen) atoms. The molecular weight excluding hydrogens is 254 g/mol. The van der Waals surface area contributed by atoms with Crippen LogP contribution in [0.15, 0.2) is 24.3 Å². The van der Waals surface area contributed by atoms with Crippen LogP contribution in [0.25, 0.3) is 0 Å². The molecule has 2 amide bonds. The highest BCUT2D eigenvalue weighted by atomic mass is 16.3. The molecule has 2 rings (SSSR count). The second-order valence-electron chi connectivity index (χ2n) is 5.14. The molecule has 1 aliphatic rings. The van der Waals surface area contributed by atoms with Crippen LogP contribution in [0, 0.1) is 17.2 Å². The number of amides is 2. The Morgan fingerprint density at radius 3 is 2.60 bits per heavy atom. The lowest BCUT2D eigenvalue weighted by Crippen LogP contribution is -2.37. The Bertz CT molecular complexity index is 487. The van der Waals surface area contributed by atoms with Gasteiger partial charge in [0.15, 0.2) is 0 Å². The molecule has 1 aromatic rings. The first-order valence-electron chi connectivity index (χ1n) is 6.92.